The zero-order valence-corrected chi connectivity index (χ0v) is 15.0. The second-order valence-corrected chi connectivity index (χ2v) is 7.79. The number of carbonyl (C=O) groups excluding carboxylic acids is 1. The molecule has 25 heavy (non-hydrogen) atoms. The van der Waals surface area contributed by atoms with Crippen molar-refractivity contribution in [3.8, 4) is 0 Å². The molecule has 0 spiro atoms. The Morgan fingerprint density at radius 1 is 1.08 bits per heavy atom. The maximum atomic E-state index is 12.4. The van der Waals surface area contributed by atoms with E-state index >= 15 is 0 Å². The molecule has 3 fully saturated rings. The molecule has 0 aromatic heterocycles. The van der Waals surface area contributed by atoms with Crippen molar-refractivity contribution < 1.29 is 4.79 Å². The second-order valence-electron chi connectivity index (χ2n) is 7.79. The van der Waals surface area contributed by atoms with Crippen LogP contribution < -0.4 is 15.5 Å². The number of amides is 1. The van der Waals surface area contributed by atoms with Crippen LogP contribution in [-0.4, -0.2) is 56.6 Å². The van der Waals surface area contributed by atoms with Crippen molar-refractivity contribution in [1.29, 1.82) is 0 Å². The van der Waals surface area contributed by atoms with E-state index in [0.717, 1.165) is 63.7 Å². The maximum Gasteiger partial charge on any atom is 0.227 e. The van der Waals surface area contributed by atoms with Crippen LogP contribution in [0.4, 0.5) is 11.4 Å². The molecule has 0 bridgehead atoms. The minimum Gasteiger partial charge on any atom is -0.369 e. The molecule has 0 radical (unpaired) electrons. The van der Waals surface area contributed by atoms with Crippen LogP contribution in [0.3, 0.4) is 0 Å². The highest BCUT2D eigenvalue weighted by atomic mass is 16.1. The summed E-state index contributed by atoms with van der Waals surface area (Å²) < 4.78 is 0. The van der Waals surface area contributed by atoms with Crippen LogP contribution in [0.1, 0.15) is 25.7 Å². The summed E-state index contributed by atoms with van der Waals surface area (Å²) in [5.74, 6) is 1.30. The molecule has 0 unspecified atom stereocenters. The third-order valence-electron chi connectivity index (χ3n) is 5.77. The van der Waals surface area contributed by atoms with Crippen LogP contribution in [0.25, 0.3) is 0 Å². The average Bonchev–Trinajstić information content (AvgIpc) is 3.47. The molecule has 4 rings (SSSR count). The molecule has 1 saturated carbocycles. The fraction of sp³-hybridized carbons (Fsp3) is 0.650. The van der Waals surface area contributed by atoms with E-state index in [1.807, 2.05) is 6.07 Å². The number of carbonyl (C=O) groups is 1. The van der Waals surface area contributed by atoms with Gasteiger partial charge in [0, 0.05) is 50.0 Å². The van der Waals surface area contributed by atoms with Gasteiger partial charge in [-0.2, -0.15) is 0 Å². The quantitative estimate of drug-likeness (QED) is 0.861. The fourth-order valence-electron chi connectivity index (χ4n) is 3.96. The zero-order chi connectivity index (χ0) is 17.1. The van der Waals surface area contributed by atoms with E-state index in [2.05, 4.69) is 38.6 Å². The molecule has 1 aromatic carbocycles. The summed E-state index contributed by atoms with van der Waals surface area (Å²) in [5, 5.41) is 6.44. The molecule has 2 heterocycles. The van der Waals surface area contributed by atoms with E-state index < -0.39 is 0 Å². The molecule has 2 N–H and O–H groups in total. The normalized spacial score (nSPS) is 22.8. The Kier molecular flexibility index (Phi) is 5.22. The number of benzene rings is 1. The Morgan fingerprint density at radius 3 is 2.56 bits per heavy atom. The zero-order valence-electron chi connectivity index (χ0n) is 15.0. The lowest BCUT2D eigenvalue weighted by molar-refractivity contribution is -0.120. The van der Waals surface area contributed by atoms with Gasteiger partial charge in [-0.1, -0.05) is 6.07 Å². The molecule has 5 heteroatoms. The van der Waals surface area contributed by atoms with Crippen LogP contribution in [0.15, 0.2) is 24.3 Å². The minimum atomic E-state index is 0.149. The number of nitrogens with one attached hydrogen (secondary N) is 2. The largest absolute Gasteiger partial charge is 0.369 e. The van der Waals surface area contributed by atoms with Gasteiger partial charge in [0.25, 0.3) is 0 Å². The highest BCUT2D eigenvalue weighted by molar-refractivity contribution is 5.93. The van der Waals surface area contributed by atoms with Gasteiger partial charge >= 0.3 is 0 Å². The topological polar surface area (TPSA) is 47.6 Å². The van der Waals surface area contributed by atoms with Crippen molar-refractivity contribution in [1.82, 2.24) is 10.2 Å². The van der Waals surface area contributed by atoms with Crippen molar-refractivity contribution in [2.75, 3.05) is 56.0 Å². The Labute approximate surface area is 150 Å². The molecular weight excluding hydrogens is 312 g/mol. The van der Waals surface area contributed by atoms with Crippen LogP contribution in [0.2, 0.25) is 0 Å². The Morgan fingerprint density at radius 2 is 1.84 bits per heavy atom. The van der Waals surface area contributed by atoms with E-state index in [1.165, 1.54) is 25.1 Å². The number of hydrogen-bond donors (Lipinski definition) is 2. The van der Waals surface area contributed by atoms with Crippen molar-refractivity contribution in [3.05, 3.63) is 24.3 Å². The molecule has 2 saturated heterocycles. The predicted octanol–water partition coefficient (Wildman–Crippen LogP) is 2.16. The smallest absolute Gasteiger partial charge is 0.227 e. The predicted molar refractivity (Wildman–Crippen MR) is 102 cm³/mol. The monoisotopic (exact) mass is 342 g/mol. The van der Waals surface area contributed by atoms with Crippen molar-refractivity contribution in [2.24, 2.45) is 11.8 Å². The first-order valence-electron chi connectivity index (χ1n) is 9.87. The highest BCUT2D eigenvalue weighted by Crippen LogP contribution is 2.30. The number of hydrogen-bond acceptors (Lipinski definition) is 4. The van der Waals surface area contributed by atoms with Crippen molar-refractivity contribution >= 4 is 17.3 Å². The molecule has 1 aromatic rings. The van der Waals surface area contributed by atoms with Crippen molar-refractivity contribution in [2.45, 2.75) is 25.7 Å². The SMILES string of the molecule is O=C(Nc1cccc(N2CCN(CC3CC3)CC2)c1)C1CCNCC1. The summed E-state index contributed by atoms with van der Waals surface area (Å²) in [6.07, 6.45) is 4.74. The van der Waals surface area contributed by atoms with Gasteiger partial charge in [0.2, 0.25) is 5.91 Å². The van der Waals surface area contributed by atoms with E-state index in [9.17, 15) is 4.79 Å². The van der Waals surface area contributed by atoms with Gasteiger partial charge in [-0.3, -0.25) is 9.69 Å². The molecule has 2 aliphatic heterocycles. The number of rotatable bonds is 5. The summed E-state index contributed by atoms with van der Waals surface area (Å²) in [5.41, 5.74) is 2.16. The highest BCUT2D eigenvalue weighted by Gasteiger charge is 2.26. The summed E-state index contributed by atoms with van der Waals surface area (Å²) in [6, 6.07) is 8.36. The molecule has 5 nitrogen and oxygen atoms in total. The fourth-order valence-corrected chi connectivity index (χ4v) is 3.96. The van der Waals surface area contributed by atoms with Gasteiger partial charge in [-0.15, -0.1) is 0 Å². The van der Waals surface area contributed by atoms with E-state index in [4.69, 9.17) is 0 Å². The molecule has 3 aliphatic rings. The molecule has 136 valence electrons. The number of piperazine rings is 1. The van der Waals surface area contributed by atoms with E-state index in [1.54, 1.807) is 0 Å². The molecule has 1 aliphatic carbocycles. The Balaban J connectivity index is 1.32. The third kappa shape index (κ3) is 4.53. The van der Waals surface area contributed by atoms with Gasteiger partial charge < -0.3 is 15.5 Å². The summed E-state index contributed by atoms with van der Waals surface area (Å²) in [6.45, 7) is 7.66. The van der Waals surface area contributed by atoms with Gasteiger partial charge in [0.1, 0.15) is 0 Å². The molecule has 0 atom stereocenters. The van der Waals surface area contributed by atoms with Gasteiger partial charge in [0.15, 0.2) is 0 Å². The lowest BCUT2D eigenvalue weighted by Gasteiger charge is -2.36. The summed E-state index contributed by atoms with van der Waals surface area (Å²) in [4.78, 5) is 17.5. The van der Waals surface area contributed by atoms with Gasteiger partial charge in [-0.25, -0.2) is 0 Å². The standard InChI is InChI=1S/C20H30N4O/c25-20(17-6-8-21-9-7-17)22-18-2-1-3-19(14-18)24-12-10-23(11-13-24)15-16-4-5-16/h1-3,14,16-17,21H,4-13,15H2,(H,22,25). The maximum absolute atomic E-state index is 12.4. The van der Waals surface area contributed by atoms with Gasteiger partial charge in [-0.05, 0) is 62.9 Å². The van der Waals surface area contributed by atoms with Crippen LogP contribution >= 0.6 is 0 Å². The first kappa shape index (κ1) is 16.9. The lowest BCUT2D eigenvalue weighted by atomic mass is 9.97. The van der Waals surface area contributed by atoms with Crippen LogP contribution in [-0.2, 0) is 4.79 Å². The van der Waals surface area contributed by atoms with Crippen LogP contribution in [0.5, 0.6) is 0 Å². The molecular formula is C20H30N4O. The Hall–Kier alpha value is -1.59. The number of anilines is 2. The summed E-state index contributed by atoms with van der Waals surface area (Å²) >= 11 is 0. The van der Waals surface area contributed by atoms with Gasteiger partial charge in [0.05, 0.1) is 0 Å². The lowest BCUT2D eigenvalue weighted by Crippen LogP contribution is -2.47. The number of nitrogens with zero attached hydrogens (tertiary/aromatic N) is 2. The number of piperidine rings is 1. The molecule has 1 amide bonds. The summed E-state index contributed by atoms with van der Waals surface area (Å²) in [7, 11) is 0. The second kappa shape index (κ2) is 7.75. The Bertz CT molecular complexity index is 587. The third-order valence-corrected chi connectivity index (χ3v) is 5.77. The first-order chi connectivity index (χ1) is 12.3. The van der Waals surface area contributed by atoms with E-state index in [0.29, 0.717) is 0 Å². The average molecular weight is 342 g/mol. The van der Waals surface area contributed by atoms with Crippen LogP contribution in [0, 0.1) is 11.8 Å². The van der Waals surface area contributed by atoms with E-state index in [-0.39, 0.29) is 11.8 Å². The minimum absolute atomic E-state index is 0.149. The first-order valence-corrected chi connectivity index (χ1v) is 9.87. The van der Waals surface area contributed by atoms with Crippen molar-refractivity contribution in [3.63, 3.8) is 0 Å².